The molecule has 0 bridgehead atoms. The zero-order valence-corrected chi connectivity index (χ0v) is 12.5. The highest BCUT2D eigenvalue weighted by Gasteiger charge is 2.51. The van der Waals surface area contributed by atoms with Crippen LogP contribution in [0.4, 0.5) is 0 Å². The van der Waals surface area contributed by atoms with Gasteiger partial charge >= 0.3 is 0 Å². The Hall–Kier alpha value is -0.0800. The third kappa shape index (κ3) is 2.60. The molecule has 0 amide bonds. The van der Waals surface area contributed by atoms with Gasteiger partial charge in [0.25, 0.3) is 0 Å². The van der Waals surface area contributed by atoms with Gasteiger partial charge in [-0.3, -0.25) is 5.32 Å². The standard InChI is InChI=1S/C16H29NO/c1-14(2)9-15(3,4)11-16(10-14)17-8-7-13(18-16)12-5-6-12/h12-13,17H,5-11H2,1-4H3. The first-order valence-electron chi connectivity index (χ1n) is 7.72. The number of hydrogen-bond donors (Lipinski definition) is 1. The van der Waals surface area contributed by atoms with Gasteiger partial charge in [0, 0.05) is 6.54 Å². The van der Waals surface area contributed by atoms with E-state index in [0.717, 1.165) is 12.5 Å². The van der Waals surface area contributed by atoms with E-state index in [1.807, 2.05) is 0 Å². The molecule has 1 atom stereocenters. The molecule has 3 rings (SSSR count). The normalized spacial score (nSPS) is 37.7. The summed E-state index contributed by atoms with van der Waals surface area (Å²) in [6.07, 6.45) is 8.20. The summed E-state index contributed by atoms with van der Waals surface area (Å²) in [5.41, 5.74) is 0.747. The van der Waals surface area contributed by atoms with E-state index in [-0.39, 0.29) is 5.72 Å². The maximum atomic E-state index is 6.60. The molecule has 2 heteroatoms. The van der Waals surface area contributed by atoms with Crippen molar-refractivity contribution in [1.82, 2.24) is 5.32 Å². The van der Waals surface area contributed by atoms with Gasteiger partial charge in [-0.1, -0.05) is 27.7 Å². The molecule has 1 aliphatic heterocycles. The van der Waals surface area contributed by atoms with Crippen molar-refractivity contribution in [3.63, 3.8) is 0 Å². The Balaban J connectivity index is 1.79. The van der Waals surface area contributed by atoms with Gasteiger partial charge in [-0.05, 0) is 55.3 Å². The lowest BCUT2D eigenvalue weighted by atomic mass is 9.61. The lowest BCUT2D eigenvalue weighted by Crippen LogP contribution is -2.61. The fourth-order valence-corrected chi connectivity index (χ4v) is 4.87. The first-order valence-corrected chi connectivity index (χ1v) is 7.72. The van der Waals surface area contributed by atoms with E-state index >= 15 is 0 Å². The minimum Gasteiger partial charge on any atom is -0.357 e. The Morgan fingerprint density at radius 2 is 1.50 bits per heavy atom. The molecule has 2 aliphatic carbocycles. The van der Waals surface area contributed by atoms with Crippen LogP contribution in [0.3, 0.4) is 0 Å². The summed E-state index contributed by atoms with van der Waals surface area (Å²) in [7, 11) is 0. The molecule has 1 N–H and O–H groups in total. The van der Waals surface area contributed by atoms with E-state index in [1.165, 1.54) is 38.5 Å². The minimum atomic E-state index is -0.0310. The molecule has 0 aromatic rings. The van der Waals surface area contributed by atoms with Gasteiger partial charge in [0.1, 0.15) is 5.72 Å². The fourth-order valence-electron chi connectivity index (χ4n) is 4.87. The molecule has 1 heterocycles. The molecule has 18 heavy (non-hydrogen) atoms. The number of hydrogen-bond acceptors (Lipinski definition) is 2. The molecule has 3 fully saturated rings. The predicted molar refractivity (Wildman–Crippen MR) is 74.4 cm³/mol. The third-order valence-electron chi connectivity index (χ3n) is 4.89. The van der Waals surface area contributed by atoms with E-state index in [1.54, 1.807) is 0 Å². The van der Waals surface area contributed by atoms with E-state index < -0.39 is 0 Å². The van der Waals surface area contributed by atoms with Crippen LogP contribution in [0.1, 0.15) is 66.2 Å². The summed E-state index contributed by atoms with van der Waals surface area (Å²) in [4.78, 5) is 0. The first-order chi connectivity index (χ1) is 8.29. The summed E-state index contributed by atoms with van der Waals surface area (Å²) in [6.45, 7) is 10.8. The summed E-state index contributed by atoms with van der Waals surface area (Å²) < 4.78 is 6.60. The van der Waals surface area contributed by atoms with Crippen LogP contribution in [0.5, 0.6) is 0 Å². The Morgan fingerprint density at radius 3 is 2.06 bits per heavy atom. The molecule has 2 saturated carbocycles. The quantitative estimate of drug-likeness (QED) is 0.767. The summed E-state index contributed by atoms with van der Waals surface area (Å²) in [5.74, 6) is 0.872. The second-order valence-electron chi connectivity index (χ2n) is 8.56. The van der Waals surface area contributed by atoms with Gasteiger partial charge < -0.3 is 4.74 Å². The van der Waals surface area contributed by atoms with E-state index in [4.69, 9.17) is 4.74 Å². The smallest absolute Gasteiger partial charge is 0.120 e. The zero-order chi connectivity index (χ0) is 13.0. The Bertz CT molecular complexity index is 314. The maximum Gasteiger partial charge on any atom is 0.120 e. The number of rotatable bonds is 1. The highest BCUT2D eigenvalue weighted by molar-refractivity contribution is 5.01. The highest BCUT2D eigenvalue weighted by atomic mass is 16.5. The molecule has 0 aromatic heterocycles. The SMILES string of the molecule is CC1(C)CC(C)(C)CC2(C1)NCCC(C1CC1)O2. The first kappa shape index (κ1) is 12.9. The van der Waals surface area contributed by atoms with Crippen molar-refractivity contribution < 1.29 is 4.74 Å². The van der Waals surface area contributed by atoms with E-state index in [0.29, 0.717) is 16.9 Å². The largest absolute Gasteiger partial charge is 0.357 e. The van der Waals surface area contributed by atoms with Crippen molar-refractivity contribution in [3.8, 4) is 0 Å². The van der Waals surface area contributed by atoms with Gasteiger partial charge in [-0.25, -0.2) is 0 Å². The molecule has 1 spiro atoms. The second kappa shape index (κ2) is 3.96. The van der Waals surface area contributed by atoms with Crippen molar-refractivity contribution in [2.45, 2.75) is 78.0 Å². The number of ether oxygens (including phenoxy) is 1. The molecule has 0 aromatic carbocycles. The van der Waals surface area contributed by atoms with Crippen LogP contribution in [0, 0.1) is 16.7 Å². The van der Waals surface area contributed by atoms with Crippen molar-refractivity contribution in [2.24, 2.45) is 16.7 Å². The van der Waals surface area contributed by atoms with Crippen LogP contribution in [-0.2, 0) is 4.74 Å². The number of nitrogens with one attached hydrogen (secondary N) is 1. The lowest BCUT2D eigenvalue weighted by Gasteiger charge is -2.54. The van der Waals surface area contributed by atoms with Gasteiger partial charge in [0.05, 0.1) is 6.10 Å². The monoisotopic (exact) mass is 251 g/mol. The summed E-state index contributed by atoms with van der Waals surface area (Å²) in [6, 6.07) is 0. The molecule has 2 nitrogen and oxygen atoms in total. The molecule has 0 radical (unpaired) electrons. The third-order valence-corrected chi connectivity index (χ3v) is 4.89. The van der Waals surface area contributed by atoms with Crippen LogP contribution < -0.4 is 5.32 Å². The summed E-state index contributed by atoms with van der Waals surface area (Å²) in [5, 5.41) is 3.74. The minimum absolute atomic E-state index is 0.0310. The van der Waals surface area contributed by atoms with Gasteiger partial charge in [0.2, 0.25) is 0 Å². The maximum absolute atomic E-state index is 6.60. The van der Waals surface area contributed by atoms with Gasteiger partial charge in [-0.2, -0.15) is 0 Å². The Kier molecular flexibility index (Phi) is 2.84. The van der Waals surface area contributed by atoms with E-state index in [9.17, 15) is 0 Å². The molecule has 1 saturated heterocycles. The Morgan fingerprint density at radius 1 is 0.889 bits per heavy atom. The van der Waals surface area contributed by atoms with Crippen LogP contribution in [-0.4, -0.2) is 18.4 Å². The molecule has 104 valence electrons. The van der Waals surface area contributed by atoms with Crippen molar-refractivity contribution in [2.75, 3.05) is 6.54 Å². The van der Waals surface area contributed by atoms with Crippen molar-refractivity contribution in [3.05, 3.63) is 0 Å². The zero-order valence-electron chi connectivity index (χ0n) is 12.5. The fraction of sp³-hybridized carbons (Fsp3) is 1.00. The molecule has 3 aliphatic rings. The highest BCUT2D eigenvalue weighted by Crippen LogP contribution is 2.52. The van der Waals surface area contributed by atoms with Gasteiger partial charge in [-0.15, -0.1) is 0 Å². The van der Waals surface area contributed by atoms with Crippen LogP contribution >= 0.6 is 0 Å². The Labute approximate surface area is 112 Å². The van der Waals surface area contributed by atoms with Crippen LogP contribution in [0.2, 0.25) is 0 Å². The predicted octanol–water partition coefficient (Wildman–Crippen LogP) is 3.71. The van der Waals surface area contributed by atoms with Crippen molar-refractivity contribution >= 4 is 0 Å². The van der Waals surface area contributed by atoms with Crippen LogP contribution in [0.15, 0.2) is 0 Å². The van der Waals surface area contributed by atoms with Gasteiger partial charge in [0.15, 0.2) is 0 Å². The van der Waals surface area contributed by atoms with E-state index in [2.05, 4.69) is 33.0 Å². The molecular formula is C16H29NO. The van der Waals surface area contributed by atoms with Crippen LogP contribution in [0.25, 0.3) is 0 Å². The topological polar surface area (TPSA) is 21.3 Å². The average Bonchev–Trinajstić information content (AvgIpc) is 2.93. The summed E-state index contributed by atoms with van der Waals surface area (Å²) >= 11 is 0. The lowest BCUT2D eigenvalue weighted by molar-refractivity contribution is -0.203. The average molecular weight is 251 g/mol. The molecular weight excluding hydrogens is 222 g/mol. The second-order valence-corrected chi connectivity index (χ2v) is 8.56. The van der Waals surface area contributed by atoms with Crippen molar-refractivity contribution in [1.29, 1.82) is 0 Å². The molecule has 1 unspecified atom stereocenters.